The number of hydrogen-bond acceptors (Lipinski definition) is 1. The van der Waals surface area contributed by atoms with Crippen LogP contribution in [0.4, 0.5) is 0 Å². The average molecular weight is 428 g/mol. The normalized spacial score (nSPS) is 11.9. The van der Waals surface area contributed by atoms with Crippen molar-refractivity contribution in [3.63, 3.8) is 0 Å². The molecule has 0 bridgehead atoms. The van der Waals surface area contributed by atoms with E-state index in [4.69, 9.17) is 0 Å². The van der Waals surface area contributed by atoms with E-state index in [1.54, 1.807) is 0 Å². The maximum Gasteiger partial charge on any atom is 0.0555 e. The van der Waals surface area contributed by atoms with Crippen LogP contribution in [0.25, 0.3) is 47.7 Å². The molecule has 6 rings (SSSR count). The summed E-state index contributed by atoms with van der Waals surface area (Å²) in [5, 5.41) is 5.34. The van der Waals surface area contributed by atoms with Gasteiger partial charge in [0.2, 0.25) is 0 Å². The van der Waals surface area contributed by atoms with Gasteiger partial charge in [-0.15, -0.1) is 11.3 Å². The first-order valence-electron chi connectivity index (χ1n) is 8.90. The van der Waals surface area contributed by atoms with Gasteiger partial charge in [-0.1, -0.05) is 64.5 Å². The number of aromatic nitrogens is 1. The van der Waals surface area contributed by atoms with Crippen molar-refractivity contribution >= 4 is 69.2 Å². The van der Waals surface area contributed by atoms with Crippen LogP contribution >= 0.6 is 27.3 Å². The van der Waals surface area contributed by atoms with E-state index >= 15 is 0 Å². The van der Waals surface area contributed by atoms with E-state index in [-0.39, 0.29) is 0 Å². The maximum atomic E-state index is 3.66. The molecule has 0 saturated carbocycles. The Bertz CT molecular complexity index is 1470. The van der Waals surface area contributed by atoms with Crippen LogP contribution in [0.3, 0.4) is 0 Å². The van der Waals surface area contributed by atoms with Crippen LogP contribution in [0.1, 0.15) is 0 Å². The molecule has 3 heteroatoms. The van der Waals surface area contributed by atoms with Gasteiger partial charge in [-0.2, -0.15) is 0 Å². The molecule has 4 aromatic carbocycles. The number of thiophene rings is 1. The van der Waals surface area contributed by atoms with Gasteiger partial charge >= 0.3 is 0 Å². The lowest BCUT2D eigenvalue weighted by atomic mass is 10.1. The van der Waals surface area contributed by atoms with Gasteiger partial charge in [0, 0.05) is 41.1 Å². The predicted molar refractivity (Wildman–Crippen MR) is 121 cm³/mol. The van der Waals surface area contributed by atoms with E-state index in [1.807, 2.05) is 11.3 Å². The molecular formula is C24H14BrNS. The minimum atomic E-state index is 1.10. The fourth-order valence-corrected chi connectivity index (χ4v) is 5.72. The van der Waals surface area contributed by atoms with E-state index in [1.165, 1.54) is 47.7 Å². The first-order chi connectivity index (χ1) is 13.3. The summed E-state index contributed by atoms with van der Waals surface area (Å²) in [6.07, 6.45) is 0. The molecule has 6 aromatic rings. The Morgan fingerprint density at radius 3 is 2.33 bits per heavy atom. The Hall–Kier alpha value is -2.62. The van der Waals surface area contributed by atoms with E-state index < -0.39 is 0 Å². The molecule has 0 radical (unpaired) electrons. The third-order valence-electron chi connectivity index (χ3n) is 5.25. The second-order valence-electron chi connectivity index (χ2n) is 6.77. The van der Waals surface area contributed by atoms with Crippen molar-refractivity contribution in [2.45, 2.75) is 0 Å². The molecule has 27 heavy (non-hydrogen) atoms. The number of hydrogen-bond donors (Lipinski definition) is 0. The van der Waals surface area contributed by atoms with Crippen molar-refractivity contribution in [3.8, 4) is 5.69 Å². The Balaban J connectivity index is 1.89. The summed E-state index contributed by atoms with van der Waals surface area (Å²) in [5.74, 6) is 0. The summed E-state index contributed by atoms with van der Waals surface area (Å²) in [7, 11) is 0. The zero-order chi connectivity index (χ0) is 18.0. The number of nitrogens with zero attached hydrogens (tertiary/aromatic N) is 1. The Morgan fingerprint density at radius 1 is 0.667 bits per heavy atom. The number of benzene rings is 4. The molecule has 128 valence electrons. The highest BCUT2D eigenvalue weighted by atomic mass is 79.9. The predicted octanol–water partition coefficient (Wildman–Crippen LogP) is 7.91. The summed E-state index contributed by atoms with van der Waals surface area (Å²) in [6, 6.07) is 30.5. The first-order valence-corrected chi connectivity index (χ1v) is 10.5. The van der Waals surface area contributed by atoms with Gasteiger partial charge < -0.3 is 4.57 Å². The van der Waals surface area contributed by atoms with Crippen molar-refractivity contribution in [1.82, 2.24) is 4.57 Å². The Labute approximate surface area is 168 Å². The molecular weight excluding hydrogens is 414 g/mol. The molecule has 0 saturated heterocycles. The third kappa shape index (κ3) is 2.16. The lowest BCUT2D eigenvalue weighted by Gasteiger charge is -2.07. The van der Waals surface area contributed by atoms with Crippen molar-refractivity contribution in [1.29, 1.82) is 0 Å². The molecule has 0 atom stereocenters. The van der Waals surface area contributed by atoms with Gasteiger partial charge in [0.1, 0.15) is 0 Å². The van der Waals surface area contributed by atoms with Gasteiger partial charge in [-0.3, -0.25) is 0 Å². The van der Waals surface area contributed by atoms with Crippen LogP contribution in [0, 0.1) is 0 Å². The fraction of sp³-hybridized carbons (Fsp3) is 0. The molecule has 0 aliphatic rings. The van der Waals surface area contributed by atoms with Crippen LogP contribution in [-0.4, -0.2) is 4.57 Å². The quantitative estimate of drug-likeness (QED) is 0.251. The highest BCUT2D eigenvalue weighted by Gasteiger charge is 2.17. The second kappa shape index (κ2) is 5.69. The van der Waals surface area contributed by atoms with Crippen LogP contribution in [-0.2, 0) is 0 Å². The highest BCUT2D eigenvalue weighted by molar-refractivity contribution is 9.10. The van der Waals surface area contributed by atoms with Gasteiger partial charge in [0.15, 0.2) is 0 Å². The molecule has 1 nitrogen and oxygen atoms in total. The largest absolute Gasteiger partial charge is 0.309 e. The van der Waals surface area contributed by atoms with E-state index in [9.17, 15) is 0 Å². The molecule has 2 heterocycles. The zero-order valence-corrected chi connectivity index (χ0v) is 16.7. The van der Waals surface area contributed by atoms with E-state index in [0.717, 1.165) is 4.47 Å². The molecule has 0 aliphatic carbocycles. The summed E-state index contributed by atoms with van der Waals surface area (Å²) in [5.41, 5.74) is 3.68. The minimum Gasteiger partial charge on any atom is -0.309 e. The van der Waals surface area contributed by atoms with Gasteiger partial charge in [0.25, 0.3) is 0 Å². The summed E-state index contributed by atoms with van der Waals surface area (Å²) in [6.45, 7) is 0. The summed E-state index contributed by atoms with van der Waals surface area (Å²) >= 11 is 5.56. The monoisotopic (exact) mass is 427 g/mol. The average Bonchev–Trinajstić information content (AvgIpc) is 3.23. The molecule has 0 amide bonds. The number of fused-ring (bicyclic) bond motifs is 7. The molecule has 0 spiro atoms. The van der Waals surface area contributed by atoms with Crippen LogP contribution in [0.2, 0.25) is 0 Å². The highest BCUT2D eigenvalue weighted by Crippen LogP contribution is 2.43. The third-order valence-corrected chi connectivity index (χ3v) is 6.95. The minimum absolute atomic E-state index is 1.10. The van der Waals surface area contributed by atoms with Gasteiger partial charge in [0.05, 0.1) is 11.0 Å². The number of rotatable bonds is 1. The van der Waals surface area contributed by atoms with Gasteiger partial charge in [-0.25, -0.2) is 0 Å². The maximum absolute atomic E-state index is 3.66. The first kappa shape index (κ1) is 15.4. The zero-order valence-electron chi connectivity index (χ0n) is 14.3. The Kier molecular flexibility index (Phi) is 3.25. The fourth-order valence-electron chi connectivity index (χ4n) is 4.11. The van der Waals surface area contributed by atoms with Crippen molar-refractivity contribution < 1.29 is 0 Å². The number of para-hydroxylation sites is 1. The van der Waals surface area contributed by atoms with Crippen molar-refractivity contribution in [3.05, 3.63) is 89.4 Å². The van der Waals surface area contributed by atoms with Crippen LogP contribution < -0.4 is 0 Å². The molecule has 0 aliphatic heterocycles. The smallest absolute Gasteiger partial charge is 0.0555 e. The summed E-state index contributed by atoms with van der Waals surface area (Å²) < 4.78 is 6.19. The SMILES string of the molecule is Brc1ccc2c3c4sc5ccccc5c4ccc3n(-c3ccccc3)c2c1. The standard InChI is InChI=1S/C24H14BrNS/c25-15-10-11-19-21(14-15)26(16-6-2-1-3-7-16)20-13-12-18-17-8-4-5-9-22(17)27-24(18)23(19)20/h1-14H. The molecule has 0 fully saturated rings. The van der Waals surface area contributed by atoms with Crippen molar-refractivity contribution in [2.24, 2.45) is 0 Å². The lowest BCUT2D eigenvalue weighted by molar-refractivity contribution is 1.18. The summed E-state index contributed by atoms with van der Waals surface area (Å²) in [4.78, 5) is 0. The van der Waals surface area contributed by atoms with Crippen LogP contribution in [0.5, 0.6) is 0 Å². The van der Waals surface area contributed by atoms with Crippen LogP contribution in [0.15, 0.2) is 89.4 Å². The van der Waals surface area contributed by atoms with Gasteiger partial charge in [-0.05, 0) is 36.4 Å². The lowest BCUT2D eigenvalue weighted by Crippen LogP contribution is -1.92. The molecule has 2 aromatic heterocycles. The molecule has 0 unspecified atom stereocenters. The second-order valence-corrected chi connectivity index (χ2v) is 8.73. The topological polar surface area (TPSA) is 4.93 Å². The molecule has 0 N–H and O–H groups in total. The van der Waals surface area contributed by atoms with E-state index in [0.29, 0.717) is 0 Å². The Morgan fingerprint density at radius 2 is 1.44 bits per heavy atom. The number of halogens is 1. The van der Waals surface area contributed by atoms with Crippen molar-refractivity contribution in [2.75, 3.05) is 0 Å². The van der Waals surface area contributed by atoms with E-state index in [2.05, 4.69) is 105 Å².